The summed E-state index contributed by atoms with van der Waals surface area (Å²) in [6, 6.07) is 4.84. The van der Waals surface area contributed by atoms with Gasteiger partial charge in [-0.3, -0.25) is 9.00 Å². The molecule has 5 nitrogen and oxygen atoms in total. The van der Waals surface area contributed by atoms with Gasteiger partial charge in [-0.2, -0.15) is 0 Å². The number of nitrogens with one attached hydrogen (secondary N) is 1. The van der Waals surface area contributed by atoms with Crippen molar-refractivity contribution in [2.45, 2.75) is 12.2 Å². The van der Waals surface area contributed by atoms with Gasteiger partial charge in [0.25, 0.3) is 5.91 Å². The first-order valence-corrected chi connectivity index (χ1v) is 6.79. The summed E-state index contributed by atoms with van der Waals surface area (Å²) < 4.78 is 11.2. The number of benzene rings is 1. The molecule has 0 spiro atoms. The van der Waals surface area contributed by atoms with E-state index in [0.29, 0.717) is 23.5 Å². The normalized spacial score (nSPS) is 14.0. The third-order valence-corrected chi connectivity index (χ3v) is 3.76. The fourth-order valence-electron chi connectivity index (χ4n) is 1.29. The highest BCUT2D eigenvalue weighted by molar-refractivity contribution is 7.84. The van der Waals surface area contributed by atoms with Gasteiger partial charge in [-0.1, -0.05) is 0 Å². The van der Waals surface area contributed by atoms with E-state index in [2.05, 4.69) is 5.32 Å². The van der Waals surface area contributed by atoms with Crippen LogP contribution in [0, 0.1) is 0 Å². The quantitative estimate of drug-likeness (QED) is 0.669. The van der Waals surface area contributed by atoms with Crippen molar-refractivity contribution in [2.24, 2.45) is 5.73 Å². The summed E-state index contributed by atoms with van der Waals surface area (Å²) in [4.78, 5) is 11.2. The molecule has 0 saturated heterocycles. The van der Waals surface area contributed by atoms with Crippen molar-refractivity contribution in [3.8, 4) is 0 Å². The molecule has 5 N–H and O–H groups in total. The smallest absolute Gasteiger partial charge is 0.250 e. The van der Waals surface area contributed by atoms with Crippen LogP contribution in [-0.4, -0.2) is 28.2 Å². The van der Waals surface area contributed by atoms with Crippen LogP contribution in [-0.2, 0) is 10.8 Å². The Labute approximate surface area is 103 Å². The van der Waals surface area contributed by atoms with Crippen molar-refractivity contribution in [3.05, 3.63) is 23.8 Å². The Hall–Kier alpha value is -1.56. The lowest BCUT2D eigenvalue weighted by Crippen LogP contribution is -2.22. The summed E-state index contributed by atoms with van der Waals surface area (Å²) in [5, 5.41) is 3.03. The van der Waals surface area contributed by atoms with Gasteiger partial charge in [0.15, 0.2) is 0 Å². The maximum absolute atomic E-state index is 11.2. The molecule has 0 heterocycles. The van der Waals surface area contributed by atoms with Gasteiger partial charge in [0.05, 0.1) is 5.56 Å². The first-order chi connectivity index (χ1) is 7.91. The molecule has 94 valence electrons. The summed E-state index contributed by atoms with van der Waals surface area (Å²) in [7, 11) is -0.917. The Bertz CT molecular complexity index is 448. The SMILES string of the molecule is CC(CNc1cc(N)ccc1C(N)=O)S(C)=O. The molecular weight excluding hydrogens is 238 g/mol. The Morgan fingerprint density at radius 1 is 1.53 bits per heavy atom. The van der Waals surface area contributed by atoms with Gasteiger partial charge < -0.3 is 16.8 Å². The molecule has 0 fully saturated rings. The maximum atomic E-state index is 11.2. The third kappa shape index (κ3) is 3.74. The van der Waals surface area contributed by atoms with Crippen LogP contribution in [0.4, 0.5) is 11.4 Å². The van der Waals surface area contributed by atoms with E-state index >= 15 is 0 Å². The minimum atomic E-state index is -0.917. The lowest BCUT2D eigenvalue weighted by Gasteiger charge is -2.14. The summed E-state index contributed by atoms with van der Waals surface area (Å²) in [5.74, 6) is -0.516. The first kappa shape index (κ1) is 13.5. The Kier molecular flexibility index (Phi) is 4.51. The molecule has 17 heavy (non-hydrogen) atoms. The van der Waals surface area contributed by atoms with Crippen molar-refractivity contribution in [1.29, 1.82) is 0 Å². The predicted octanol–water partition coefficient (Wildman–Crippen LogP) is 0.547. The number of nitrogen functional groups attached to an aromatic ring is 1. The summed E-state index contributed by atoms with van der Waals surface area (Å²) in [5.41, 5.74) is 12.4. The first-order valence-electron chi connectivity index (χ1n) is 5.17. The number of carbonyl (C=O) groups is 1. The Balaban J connectivity index is 2.85. The van der Waals surface area contributed by atoms with Gasteiger partial charge in [-0.15, -0.1) is 0 Å². The van der Waals surface area contributed by atoms with Gasteiger partial charge in [0.2, 0.25) is 0 Å². The van der Waals surface area contributed by atoms with E-state index in [9.17, 15) is 9.00 Å². The zero-order valence-corrected chi connectivity index (χ0v) is 10.7. The molecule has 0 aliphatic carbocycles. The van der Waals surface area contributed by atoms with Crippen molar-refractivity contribution in [2.75, 3.05) is 23.9 Å². The molecule has 0 aliphatic heterocycles. The number of anilines is 2. The number of rotatable bonds is 5. The molecule has 0 bridgehead atoms. The molecule has 0 radical (unpaired) electrons. The average Bonchev–Trinajstić information content (AvgIpc) is 2.25. The van der Waals surface area contributed by atoms with Gasteiger partial charge in [0, 0.05) is 40.2 Å². The fraction of sp³-hybridized carbons (Fsp3) is 0.364. The summed E-state index contributed by atoms with van der Waals surface area (Å²) >= 11 is 0. The molecule has 0 saturated carbocycles. The van der Waals surface area contributed by atoms with E-state index in [1.54, 1.807) is 24.5 Å². The third-order valence-electron chi connectivity index (χ3n) is 2.46. The van der Waals surface area contributed by atoms with E-state index in [1.165, 1.54) is 0 Å². The highest BCUT2D eigenvalue weighted by Gasteiger charge is 2.11. The maximum Gasteiger partial charge on any atom is 0.250 e. The molecule has 6 heteroatoms. The Morgan fingerprint density at radius 2 is 2.18 bits per heavy atom. The van der Waals surface area contributed by atoms with Crippen molar-refractivity contribution >= 4 is 28.1 Å². The number of primary amides is 1. The molecule has 0 aliphatic rings. The van der Waals surface area contributed by atoms with Crippen LogP contribution in [0.5, 0.6) is 0 Å². The fourth-order valence-corrected chi connectivity index (χ4v) is 1.61. The van der Waals surface area contributed by atoms with E-state index in [4.69, 9.17) is 11.5 Å². The highest BCUT2D eigenvalue weighted by atomic mass is 32.2. The van der Waals surface area contributed by atoms with E-state index in [0.717, 1.165) is 0 Å². The molecule has 1 rings (SSSR count). The van der Waals surface area contributed by atoms with E-state index < -0.39 is 16.7 Å². The second kappa shape index (κ2) is 5.67. The molecule has 2 atom stereocenters. The van der Waals surface area contributed by atoms with Gasteiger partial charge in [-0.05, 0) is 25.1 Å². The van der Waals surface area contributed by atoms with Crippen molar-refractivity contribution in [3.63, 3.8) is 0 Å². The second-order valence-corrected chi connectivity index (χ2v) is 5.66. The predicted molar refractivity (Wildman–Crippen MR) is 71.4 cm³/mol. The minimum absolute atomic E-state index is 0.0165. The molecule has 1 aromatic carbocycles. The molecule has 2 unspecified atom stereocenters. The monoisotopic (exact) mass is 255 g/mol. The number of amides is 1. The number of carbonyl (C=O) groups excluding carboxylic acids is 1. The average molecular weight is 255 g/mol. The van der Waals surface area contributed by atoms with Crippen LogP contribution in [0.1, 0.15) is 17.3 Å². The number of hydrogen-bond acceptors (Lipinski definition) is 4. The van der Waals surface area contributed by atoms with E-state index in [1.807, 2.05) is 6.92 Å². The minimum Gasteiger partial charge on any atom is -0.399 e. The lowest BCUT2D eigenvalue weighted by molar-refractivity contribution is 0.100. The number of hydrogen-bond donors (Lipinski definition) is 3. The summed E-state index contributed by atoms with van der Waals surface area (Å²) in [6.07, 6.45) is 1.64. The standard InChI is InChI=1S/C11H17N3O2S/c1-7(17(2)16)6-14-10-5-8(12)3-4-9(10)11(13)15/h3-5,7,14H,6,12H2,1-2H3,(H2,13,15). The largest absolute Gasteiger partial charge is 0.399 e. The van der Waals surface area contributed by atoms with Gasteiger partial charge >= 0.3 is 0 Å². The zero-order valence-electron chi connectivity index (χ0n) is 9.90. The van der Waals surface area contributed by atoms with Crippen LogP contribution in [0.15, 0.2) is 18.2 Å². The van der Waals surface area contributed by atoms with Crippen LogP contribution in [0.2, 0.25) is 0 Å². The van der Waals surface area contributed by atoms with Crippen molar-refractivity contribution in [1.82, 2.24) is 0 Å². The summed E-state index contributed by atoms with van der Waals surface area (Å²) in [6.45, 7) is 2.35. The topological polar surface area (TPSA) is 98.2 Å². The van der Waals surface area contributed by atoms with Crippen LogP contribution < -0.4 is 16.8 Å². The van der Waals surface area contributed by atoms with Gasteiger partial charge in [0.1, 0.15) is 0 Å². The number of nitrogens with two attached hydrogens (primary N) is 2. The zero-order chi connectivity index (χ0) is 13.0. The Morgan fingerprint density at radius 3 is 2.71 bits per heavy atom. The molecule has 0 aromatic heterocycles. The van der Waals surface area contributed by atoms with Gasteiger partial charge in [-0.25, -0.2) is 0 Å². The highest BCUT2D eigenvalue weighted by Crippen LogP contribution is 2.18. The van der Waals surface area contributed by atoms with E-state index in [-0.39, 0.29) is 5.25 Å². The second-order valence-electron chi connectivity index (χ2n) is 3.86. The molecule has 1 amide bonds. The van der Waals surface area contributed by atoms with Crippen LogP contribution >= 0.6 is 0 Å². The lowest BCUT2D eigenvalue weighted by atomic mass is 10.1. The molecular formula is C11H17N3O2S. The van der Waals surface area contributed by atoms with Crippen molar-refractivity contribution < 1.29 is 9.00 Å². The molecule has 1 aromatic rings. The van der Waals surface area contributed by atoms with Crippen LogP contribution in [0.25, 0.3) is 0 Å². The van der Waals surface area contributed by atoms with Crippen LogP contribution in [0.3, 0.4) is 0 Å².